The summed E-state index contributed by atoms with van der Waals surface area (Å²) in [6.45, 7) is 3.21. The predicted molar refractivity (Wildman–Crippen MR) is 90.1 cm³/mol. The van der Waals surface area contributed by atoms with E-state index in [1.807, 2.05) is 4.90 Å². The molecule has 0 spiro atoms. The first-order valence-electron chi connectivity index (χ1n) is 8.42. The van der Waals surface area contributed by atoms with Crippen molar-refractivity contribution in [2.75, 3.05) is 36.0 Å². The fourth-order valence-electron chi connectivity index (χ4n) is 3.56. The molecule has 2 aromatic heterocycles. The van der Waals surface area contributed by atoms with Crippen LogP contribution in [-0.2, 0) is 0 Å². The maximum atomic E-state index is 13.9. The third-order valence-electron chi connectivity index (χ3n) is 4.80. The smallest absolute Gasteiger partial charge is 0.252 e. The van der Waals surface area contributed by atoms with Crippen molar-refractivity contribution in [1.82, 2.24) is 15.0 Å². The van der Waals surface area contributed by atoms with Gasteiger partial charge in [0.2, 0.25) is 5.95 Å². The second-order valence-electron chi connectivity index (χ2n) is 6.43. The number of nitrogens with zero attached hydrogens (tertiary/aromatic N) is 4. The van der Waals surface area contributed by atoms with E-state index in [-0.39, 0.29) is 17.3 Å². The summed E-state index contributed by atoms with van der Waals surface area (Å²) in [4.78, 5) is 27.7. The lowest BCUT2D eigenvalue weighted by atomic mass is 10.1. The number of nitrogens with one attached hydrogen (secondary N) is 1. The third kappa shape index (κ3) is 2.86. The van der Waals surface area contributed by atoms with Gasteiger partial charge >= 0.3 is 0 Å². The molecule has 4 heterocycles. The van der Waals surface area contributed by atoms with Crippen molar-refractivity contribution in [1.29, 1.82) is 0 Å². The van der Waals surface area contributed by atoms with E-state index in [9.17, 15) is 9.18 Å². The Bertz CT molecular complexity index is 787. The summed E-state index contributed by atoms with van der Waals surface area (Å²) in [6, 6.07) is 4.59. The molecule has 0 radical (unpaired) electrons. The van der Waals surface area contributed by atoms with E-state index in [0.29, 0.717) is 24.9 Å². The molecule has 1 atom stereocenters. The first-order valence-corrected chi connectivity index (χ1v) is 8.42. The van der Waals surface area contributed by atoms with E-state index in [1.165, 1.54) is 6.07 Å². The summed E-state index contributed by atoms with van der Waals surface area (Å²) in [5.74, 6) is 0.854. The maximum absolute atomic E-state index is 13.9. The Balaban J connectivity index is 1.57. The van der Waals surface area contributed by atoms with Crippen LogP contribution in [-0.4, -0.2) is 41.1 Å². The number of hydrogen-bond donors (Lipinski definition) is 1. The van der Waals surface area contributed by atoms with Crippen LogP contribution in [0.2, 0.25) is 0 Å². The number of aromatic amines is 1. The summed E-state index contributed by atoms with van der Waals surface area (Å²) >= 11 is 0. The van der Waals surface area contributed by atoms with Gasteiger partial charge in [0.15, 0.2) is 11.6 Å². The Kier molecular flexibility index (Phi) is 3.92. The molecule has 1 unspecified atom stereocenters. The summed E-state index contributed by atoms with van der Waals surface area (Å²) in [5, 5.41) is 0. The van der Waals surface area contributed by atoms with Crippen LogP contribution in [0.4, 0.5) is 16.2 Å². The van der Waals surface area contributed by atoms with E-state index in [0.717, 1.165) is 38.0 Å². The van der Waals surface area contributed by atoms with E-state index in [1.54, 1.807) is 18.3 Å². The Morgan fingerprint density at radius 2 is 2.04 bits per heavy atom. The lowest BCUT2D eigenvalue weighted by Crippen LogP contribution is -2.26. The van der Waals surface area contributed by atoms with Gasteiger partial charge in [0.05, 0.1) is 5.69 Å². The van der Waals surface area contributed by atoms with Crippen LogP contribution in [0, 0.1) is 5.82 Å². The molecule has 6 nitrogen and oxygen atoms in total. The van der Waals surface area contributed by atoms with Crippen molar-refractivity contribution in [3.63, 3.8) is 0 Å². The molecule has 0 bridgehead atoms. The molecular formula is C17H20FN5O. The highest BCUT2D eigenvalue weighted by Crippen LogP contribution is 2.30. The van der Waals surface area contributed by atoms with E-state index in [2.05, 4.69) is 19.9 Å². The molecule has 2 saturated heterocycles. The number of aromatic nitrogens is 3. The van der Waals surface area contributed by atoms with Gasteiger partial charge in [0.1, 0.15) is 0 Å². The quantitative estimate of drug-likeness (QED) is 0.932. The molecule has 0 amide bonds. The van der Waals surface area contributed by atoms with E-state index in [4.69, 9.17) is 0 Å². The topological polar surface area (TPSA) is 65.1 Å². The van der Waals surface area contributed by atoms with E-state index < -0.39 is 0 Å². The molecule has 24 heavy (non-hydrogen) atoms. The average molecular weight is 329 g/mol. The van der Waals surface area contributed by atoms with Crippen LogP contribution < -0.4 is 15.4 Å². The van der Waals surface area contributed by atoms with Gasteiger partial charge < -0.3 is 9.80 Å². The van der Waals surface area contributed by atoms with Crippen LogP contribution >= 0.6 is 0 Å². The van der Waals surface area contributed by atoms with Crippen molar-refractivity contribution < 1.29 is 4.39 Å². The average Bonchev–Trinajstić information content (AvgIpc) is 3.27. The second kappa shape index (κ2) is 6.22. The maximum Gasteiger partial charge on any atom is 0.252 e. The molecule has 0 aromatic carbocycles. The number of rotatable bonds is 3. The molecule has 0 aliphatic carbocycles. The highest BCUT2D eigenvalue weighted by atomic mass is 19.1. The van der Waals surface area contributed by atoms with Gasteiger partial charge in [-0.05, 0) is 31.4 Å². The lowest BCUT2D eigenvalue weighted by Gasteiger charge is -2.19. The van der Waals surface area contributed by atoms with Gasteiger partial charge in [0, 0.05) is 44.4 Å². The Morgan fingerprint density at radius 1 is 1.21 bits per heavy atom. The van der Waals surface area contributed by atoms with Crippen LogP contribution in [0.1, 0.15) is 30.9 Å². The molecule has 126 valence electrons. The molecule has 2 aliphatic heterocycles. The van der Waals surface area contributed by atoms with Gasteiger partial charge in [0.25, 0.3) is 5.56 Å². The summed E-state index contributed by atoms with van der Waals surface area (Å²) in [7, 11) is 0. The monoisotopic (exact) mass is 329 g/mol. The van der Waals surface area contributed by atoms with Gasteiger partial charge in [-0.1, -0.05) is 0 Å². The molecule has 0 saturated carbocycles. The fourth-order valence-corrected chi connectivity index (χ4v) is 3.56. The van der Waals surface area contributed by atoms with Crippen molar-refractivity contribution >= 4 is 11.8 Å². The normalized spacial score (nSPS) is 20.8. The molecule has 7 heteroatoms. The zero-order chi connectivity index (χ0) is 16.5. The fraction of sp³-hybridized carbons (Fsp3) is 0.471. The van der Waals surface area contributed by atoms with Crippen molar-refractivity contribution in [2.24, 2.45) is 0 Å². The third-order valence-corrected chi connectivity index (χ3v) is 4.80. The Morgan fingerprint density at radius 3 is 2.83 bits per heavy atom. The number of halogens is 1. The van der Waals surface area contributed by atoms with Crippen LogP contribution in [0.25, 0.3) is 0 Å². The number of H-pyrrole nitrogens is 1. The molecular weight excluding hydrogens is 309 g/mol. The zero-order valence-electron chi connectivity index (χ0n) is 13.4. The summed E-state index contributed by atoms with van der Waals surface area (Å²) < 4.78 is 13.9. The molecule has 2 fully saturated rings. The summed E-state index contributed by atoms with van der Waals surface area (Å²) in [5.41, 5.74) is 0.670. The molecule has 4 rings (SSSR count). The molecule has 2 aliphatic rings. The predicted octanol–water partition coefficient (Wildman–Crippen LogP) is 1.90. The first-order chi connectivity index (χ1) is 11.7. The van der Waals surface area contributed by atoms with E-state index >= 15 is 0 Å². The summed E-state index contributed by atoms with van der Waals surface area (Å²) in [6.07, 6.45) is 4.70. The number of pyridine rings is 1. The highest BCUT2D eigenvalue weighted by molar-refractivity contribution is 5.42. The lowest BCUT2D eigenvalue weighted by molar-refractivity contribution is 0.615. The van der Waals surface area contributed by atoms with Gasteiger partial charge in [-0.3, -0.25) is 9.78 Å². The van der Waals surface area contributed by atoms with Crippen LogP contribution in [0.5, 0.6) is 0 Å². The van der Waals surface area contributed by atoms with Gasteiger partial charge in [-0.2, -0.15) is 0 Å². The highest BCUT2D eigenvalue weighted by Gasteiger charge is 2.28. The zero-order valence-corrected chi connectivity index (χ0v) is 13.4. The van der Waals surface area contributed by atoms with Crippen molar-refractivity contribution in [3.8, 4) is 0 Å². The number of anilines is 2. The van der Waals surface area contributed by atoms with Crippen molar-refractivity contribution in [2.45, 2.75) is 25.2 Å². The Labute approximate surface area is 139 Å². The minimum Gasteiger partial charge on any atom is -0.353 e. The second-order valence-corrected chi connectivity index (χ2v) is 6.43. The SMILES string of the molecule is O=c1cc(C2CCN(c3ncccc3F)C2)nc(N2CCCC2)[nH]1. The standard InChI is InChI=1S/C17H20FN5O/c18-13-4-3-6-19-16(13)23-9-5-12(11-23)14-10-15(24)21-17(20-14)22-7-1-2-8-22/h3-4,6,10,12H,1-2,5,7-9,11H2,(H,20,21,24). The van der Waals surface area contributed by atoms with Crippen LogP contribution in [0.3, 0.4) is 0 Å². The van der Waals surface area contributed by atoms with Crippen molar-refractivity contribution in [3.05, 3.63) is 46.3 Å². The number of hydrogen-bond acceptors (Lipinski definition) is 5. The minimum atomic E-state index is -0.310. The molecule has 2 aromatic rings. The van der Waals surface area contributed by atoms with Gasteiger partial charge in [-0.25, -0.2) is 14.4 Å². The minimum absolute atomic E-state index is 0.120. The molecule has 1 N–H and O–H groups in total. The largest absolute Gasteiger partial charge is 0.353 e. The first kappa shape index (κ1) is 15.1. The van der Waals surface area contributed by atoms with Crippen LogP contribution in [0.15, 0.2) is 29.2 Å². The Hall–Kier alpha value is -2.44. The van der Waals surface area contributed by atoms with Gasteiger partial charge in [-0.15, -0.1) is 0 Å².